The lowest BCUT2D eigenvalue weighted by Crippen LogP contribution is -2.28. The summed E-state index contributed by atoms with van der Waals surface area (Å²) in [5, 5.41) is 3.43. The molecule has 156 valence electrons. The Kier molecular flexibility index (Phi) is 5.00. The number of aromatic nitrogens is 2. The molecule has 0 spiro atoms. The zero-order chi connectivity index (χ0) is 20.7. The van der Waals surface area contributed by atoms with Gasteiger partial charge in [-0.2, -0.15) is 0 Å². The van der Waals surface area contributed by atoms with Crippen LogP contribution in [-0.2, 0) is 17.8 Å². The number of imidazole rings is 1. The summed E-state index contributed by atoms with van der Waals surface area (Å²) in [7, 11) is 0. The Morgan fingerprint density at radius 3 is 2.93 bits per heavy atom. The Hall–Kier alpha value is -2.77. The molecule has 0 aliphatic carbocycles. The Labute approximate surface area is 175 Å². The minimum absolute atomic E-state index is 0.0696. The molecule has 0 radical (unpaired) electrons. The van der Waals surface area contributed by atoms with Crippen LogP contribution in [0.1, 0.15) is 24.6 Å². The number of amides is 1. The fourth-order valence-corrected chi connectivity index (χ4v) is 4.60. The molecule has 0 atom stereocenters. The largest absolute Gasteiger partial charge is 0.315 e. The monoisotopic (exact) mass is 407 g/mol. The van der Waals surface area contributed by atoms with Gasteiger partial charge in [-0.25, -0.2) is 9.37 Å². The van der Waals surface area contributed by atoms with Crippen LogP contribution in [0.3, 0.4) is 0 Å². The summed E-state index contributed by atoms with van der Waals surface area (Å²) in [4.78, 5) is 21.0. The van der Waals surface area contributed by atoms with E-state index in [9.17, 15) is 9.18 Å². The van der Waals surface area contributed by atoms with Crippen LogP contribution in [0.25, 0.3) is 16.9 Å². The van der Waals surface area contributed by atoms with Gasteiger partial charge in [-0.1, -0.05) is 6.07 Å². The van der Waals surface area contributed by atoms with Gasteiger partial charge in [-0.3, -0.25) is 14.1 Å². The Bertz CT molecular complexity index is 1100. The molecule has 1 N–H and O–H groups in total. The van der Waals surface area contributed by atoms with E-state index in [4.69, 9.17) is 4.98 Å². The third-order valence-corrected chi connectivity index (χ3v) is 6.12. The maximum atomic E-state index is 14.1. The summed E-state index contributed by atoms with van der Waals surface area (Å²) < 4.78 is 15.9. The van der Waals surface area contributed by atoms with E-state index in [1.54, 1.807) is 13.0 Å². The van der Waals surface area contributed by atoms with Crippen molar-refractivity contribution in [2.24, 2.45) is 0 Å². The van der Waals surface area contributed by atoms with Crippen molar-refractivity contribution in [2.45, 2.75) is 26.3 Å². The maximum absolute atomic E-state index is 14.1. The summed E-state index contributed by atoms with van der Waals surface area (Å²) >= 11 is 0. The molecule has 0 bridgehead atoms. The smallest absolute Gasteiger partial charge is 0.223 e. The van der Waals surface area contributed by atoms with Crippen molar-refractivity contribution in [1.82, 2.24) is 19.6 Å². The SMILES string of the molecule is CC(=O)N1CCc2cc(-c3nc4ccc(F)cn4c3CN3CCCNCC3)ccc21. The van der Waals surface area contributed by atoms with Crippen molar-refractivity contribution in [3.05, 3.63) is 53.6 Å². The van der Waals surface area contributed by atoms with Gasteiger partial charge in [-0.05, 0) is 55.8 Å². The number of nitrogens with one attached hydrogen (secondary N) is 1. The van der Waals surface area contributed by atoms with Crippen LogP contribution in [0.15, 0.2) is 36.5 Å². The minimum Gasteiger partial charge on any atom is -0.315 e. The first-order chi connectivity index (χ1) is 14.6. The fraction of sp³-hybridized carbons (Fsp3) is 0.391. The summed E-state index contributed by atoms with van der Waals surface area (Å²) in [6.07, 6.45) is 3.47. The van der Waals surface area contributed by atoms with Crippen LogP contribution in [0.5, 0.6) is 0 Å². The molecule has 1 saturated heterocycles. The van der Waals surface area contributed by atoms with Crippen molar-refractivity contribution in [2.75, 3.05) is 37.6 Å². The second kappa shape index (κ2) is 7.81. The number of carbonyl (C=O) groups excluding carboxylic acids is 1. The molecule has 0 unspecified atom stereocenters. The summed E-state index contributed by atoms with van der Waals surface area (Å²) in [5.74, 6) is -0.198. The lowest BCUT2D eigenvalue weighted by Gasteiger charge is -2.20. The molecule has 1 fully saturated rings. The van der Waals surface area contributed by atoms with E-state index in [2.05, 4.69) is 16.3 Å². The number of carbonyl (C=O) groups is 1. The predicted octanol–water partition coefficient (Wildman–Crippen LogP) is 2.84. The van der Waals surface area contributed by atoms with Crippen LogP contribution in [0, 0.1) is 5.82 Å². The average molecular weight is 407 g/mol. The fourth-order valence-electron chi connectivity index (χ4n) is 4.60. The van der Waals surface area contributed by atoms with Crippen LogP contribution in [-0.4, -0.2) is 52.9 Å². The van der Waals surface area contributed by atoms with E-state index < -0.39 is 0 Å². The second-order valence-electron chi connectivity index (χ2n) is 8.13. The molecule has 30 heavy (non-hydrogen) atoms. The van der Waals surface area contributed by atoms with Crippen molar-refractivity contribution in [3.63, 3.8) is 0 Å². The average Bonchev–Trinajstić information content (AvgIpc) is 3.20. The van der Waals surface area contributed by atoms with E-state index in [0.717, 1.165) is 86.0 Å². The highest BCUT2D eigenvalue weighted by molar-refractivity contribution is 5.94. The van der Waals surface area contributed by atoms with Crippen molar-refractivity contribution >= 4 is 17.2 Å². The number of benzene rings is 1. The Morgan fingerprint density at radius 2 is 2.07 bits per heavy atom. The normalized spacial score (nSPS) is 17.3. The van der Waals surface area contributed by atoms with E-state index >= 15 is 0 Å². The van der Waals surface area contributed by atoms with E-state index in [1.165, 1.54) is 12.3 Å². The molecule has 7 heteroatoms. The van der Waals surface area contributed by atoms with Crippen molar-refractivity contribution in [1.29, 1.82) is 0 Å². The van der Waals surface area contributed by atoms with E-state index in [0.29, 0.717) is 0 Å². The Balaban J connectivity index is 1.58. The number of fused-ring (bicyclic) bond motifs is 2. The van der Waals surface area contributed by atoms with Crippen LogP contribution in [0.2, 0.25) is 0 Å². The standard InChI is InChI=1S/C23H26FN5O/c1-16(30)28-11-7-17-13-18(3-5-20(17)28)23-21(15-27-10-2-8-25-9-12-27)29-14-19(24)4-6-22(29)26-23/h3-6,13-14,25H,2,7-12,15H2,1H3. The number of halogens is 1. The highest BCUT2D eigenvalue weighted by Gasteiger charge is 2.24. The third-order valence-electron chi connectivity index (χ3n) is 6.12. The molecule has 2 aliphatic rings. The molecule has 2 aliphatic heterocycles. The first kappa shape index (κ1) is 19.2. The van der Waals surface area contributed by atoms with Crippen LogP contribution >= 0.6 is 0 Å². The van der Waals surface area contributed by atoms with Crippen LogP contribution < -0.4 is 10.2 Å². The number of anilines is 1. The van der Waals surface area contributed by atoms with Gasteiger partial charge in [0.15, 0.2) is 0 Å². The molecule has 5 rings (SSSR count). The molecular formula is C23H26FN5O. The van der Waals surface area contributed by atoms with Gasteiger partial charge in [0.1, 0.15) is 11.5 Å². The number of nitrogens with zero attached hydrogens (tertiary/aromatic N) is 4. The second-order valence-corrected chi connectivity index (χ2v) is 8.13. The zero-order valence-electron chi connectivity index (χ0n) is 17.2. The number of hydrogen-bond donors (Lipinski definition) is 1. The molecule has 0 saturated carbocycles. The summed E-state index contributed by atoms with van der Waals surface area (Å²) in [5.41, 5.74) is 5.82. The van der Waals surface area contributed by atoms with Gasteiger partial charge < -0.3 is 10.2 Å². The number of hydrogen-bond acceptors (Lipinski definition) is 4. The van der Waals surface area contributed by atoms with Gasteiger partial charge in [0, 0.05) is 50.6 Å². The van der Waals surface area contributed by atoms with Crippen molar-refractivity contribution in [3.8, 4) is 11.3 Å². The van der Waals surface area contributed by atoms with Gasteiger partial charge >= 0.3 is 0 Å². The molecule has 6 nitrogen and oxygen atoms in total. The first-order valence-corrected chi connectivity index (χ1v) is 10.6. The van der Waals surface area contributed by atoms with Gasteiger partial charge in [-0.15, -0.1) is 0 Å². The molecule has 4 heterocycles. The maximum Gasteiger partial charge on any atom is 0.223 e. The summed E-state index contributed by atoms with van der Waals surface area (Å²) in [6, 6.07) is 9.38. The molecule has 1 amide bonds. The third kappa shape index (κ3) is 3.48. The van der Waals surface area contributed by atoms with Crippen LogP contribution in [0.4, 0.5) is 10.1 Å². The molecule has 2 aromatic heterocycles. The van der Waals surface area contributed by atoms with Gasteiger partial charge in [0.25, 0.3) is 0 Å². The highest BCUT2D eigenvalue weighted by Crippen LogP contribution is 2.34. The molecule has 1 aromatic carbocycles. The molecular weight excluding hydrogens is 381 g/mol. The topological polar surface area (TPSA) is 52.9 Å². The zero-order valence-corrected chi connectivity index (χ0v) is 17.2. The highest BCUT2D eigenvalue weighted by atomic mass is 19.1. The number of pyridine rings is 1. The number of rotatable bonds is 3. The van der Waals surface area contributed by atoms with Crippen molar-refractivity contribution < 1.29 is 9.18 Å². The lowest BCUT2D eigenvalue weighted by molar-refractivity contribution is -0.116. The first-order valence-electron chi connectivity index (χ1n) is 10.6. The summed E-state index contributed by atoms with van der Waals surface area (Å²) in [6.45, 7) is 7.00. The Morgan fingerprint density at radius 1 is 1.17 bits per heavy atom. The van der Waals surface area contributed by atoms with Gasteiger partial charge in [0.05, 0.1) is 11.4 Å². The van der Waals surface area contributed by atoms with E-state index in [-0.39, 0.29) is 11.7 Å². The van der Waals surface area contributed by atoms with E-state index in [1.807, 2.05) is 21.4 Å². The minimum atomic E-state index is -0.267. The molecule has 3 aromatic rings. The predicted molar refractivity (Wildman–Crippen MR) is 115 cm³/mol. The lowest BCUT2D eigenvalue weighted by atomic mass is 10.0. The quantitative estimate of drug-likeness (QED) is 0.726. The van der Waals surface area contributed by atoms with Gasteiger partial charge in [0.2, 0.25) is 5.91 Å².